The zero-order valence-electron chi connectivity index (χ0n) is 11.6. The van der Waals surface area contributed by atoms with Gasteiger partial charge in [0.25, 0.3) is 0 Å². The van der Waals surface area contributed by atoms with Crippen molar-refractivity contribution < 1.29 is 29.0 Å². The Morgan fingerprint density at radius 3 is 2.48 bits per heavy atom. The van der Waals surface area contributed by atoms with Crippen LogP contribution in [0.1, 0.15) is 34.6 Å². The summed E-state index contributed by atoms with van der Waals surface area (Å²) in [6.07, 6.45) is -1.21. The van der Waals surface area contributed by atoms with Crippen molar-refractivity contribution >= 4 is 18.0 Å². The van der Waals surface area contributed by atoms with Crippen LogP contribution in [-0.4, -0.2) is 41.4 Å². The van der Waals surface area contributed by atoms with Crippen LogP contribution in [0, 0.1) is 0 Å². The van der Waals surface area contributed by atoms with Crippen molar-refractivity contribution in [3.63, 3.8) is 0 Å². The van der Waals surface area contributed by atoms with Crippen molar-refractivity contribution in [2.45, 2.75) is 25.6 Å². The third kappa shape index (κ3) is 3.13. The molecule has 1 amide bonds. The van der Waals surface area contributed by atoms with Gasteiger partial charge >= 0.3 is 18.0 Å². The molecule has 0 aromatic heterocycles. The molecule has 1 aliphatic rings. The van der Waals surface area contributed by atoms with E-state index in [-0.39, 0.29) is 17.7 Å². The lowest BCUT2D eigenvalue weighted by Gasteiger charge is -2.29. The first-order valence-corrected chi connectivity index (χ1v) is 6.31. The summed E-state index contributed by atoms with van der Waals surface area (Å²) in [6, 6.07) is 5.77. The molecule has 1 atom stereocenters. The molecular formula is C14H15NO6. The van der Waals surface area contributed by atoms with Crippen LogP contribution >= 0.6 is 0 Å². The van der Waals surface area contributed by atoms with E-state index in [9.17, 15) is 14.4 Å². The van der Waals surface area contributed by atoms with Gasteiger partial charge in [0.2, 0.25) is 0 Å². The highest BCUT2D eigenvalue weighted by Gasteiger charge is 2.40. The van der Waals surface area contributed by atoms with E-state index in [1.165, 1.54) is 18.2 Å². The molecule has 0 aliphatic carbocycles. The lowest BCUT2D eigenvalue weighted by Crippen LogP contribution is -2.43. The number of hydrogen-bond donors (Lipinski definition) is 2. The Hall–Kier alpha value is -2.57. The molecule has 1 aromatic carbocycles. The van der Waals surface area contributed by atoms with E-state index in [0.717, 1.165) is 0 Å². The van der Waals surface area contributed by atoms with Crippen molar-refractivity contribution in [2.75, 3.05) is 6.54 Å². The monoisotopic (exact) mass is 293 g/mol. The predicted octanol–water partition coefficient (Wildman–Crippen LogP) is 1.43. The van der Waals surface area contributed by atoms with Crippen LogP contribution in [0.15, 0.2) is 24.3 Å². The van der Waals surface area contributed by atoms with E-state index in [4.69, 9.17) is 14.6 Å². The van der Waals surface area contributed by atoms with Gasteiger partial charge in [0.15, 0.2) is 6.10 Å². The van der Waals surface area contributed by atoms with E-state index >= 15 is 0 Å². The molecule has 0 bridgehead atoms. The average molecular weight is 293 g/mol. The van der Waals surface area contributed by atoms with Gasteiger partial charge in [0.1, 0.15) is 5.60 Å². The number of esters is 1. The van der Waals surface area contributed by atoms with Crippen LogP contribution in [0.25, 0.3) is 0 Å². The predicted molar refractivity (Wildman–Crippen MR) is 71.2 cm³/mol. The molecule has 1 aromatic rings. The minimum absolute atomic E-state index is 0.0460. The van der Waals surface area contributed by atoms with Gasteiger partial charge in [-0.2, -0.15) is 0 Å². The van der Waals surface area contributed by atoms with Gasteiger partial charge in [-0.05, 0) is 26.0 Å². The number of carbonyl (C=O) groups excluding carboxylic acids is 2. The first kappa shape index (κ1) is 14.8. The zero-order valence-corrected chi connectivity index (χ0v) is 11.6. The van der Waals surface area contributed by atoms with Crippen molar-refractivity contribution in [3.8, 4) is 0 Å². The Balaban J connectivity index is 2.18. The molecule has 1 saturated heterocycles. The molecule has 7 nitrogen and oxygen atoms in total. The summed E-state index contributed by atoms with van der Waals surface area (Å²) in [5.74, 6) is -1.99. The molecule has 21 heavy (non-hydrogen) atoms. The number of ether oxygens (including phenoxy) is 2. The first-order chi connectivity index (χ1) is 9.81. The van der Waals surface area contributed by atoms with Crippen molar-refractivity contribution in [1.29, 1.82) is 0 Å². The Bertz CT molecular complexity index is 595. The summed E-state index contributed by atoms with van der Waals surface area (Å²) >= 11 is 0. The van der Waals surface area contributed by atoms with Gasteiger partial charge in [-0.1, -0.05) is 12.1 Å². The topological polar surface area (TPSA) is 102 Å². The van der Waals surface area contributed by atoms with Gasteiger partial charge < -0.3 is 19.9 Å². The minimum atomic E-state index is -1.21. The van der Waals surface area contributed by atoms with Crippen molar-refractivity contribution in [3.05, 3.63) is 35.4 Å². The normalized spacial score (nSPS) is 17.8. The lowest BCUT2D eigenvalue weighted by atomic mass is 10.0. The number of cyclic esters (lactones) is 1. The van der Waals surface area contributed by atoms with E-state index in [0.29, 0.717) is 0 Å². The van der Waals surface area contributed by atoms with Gasteiger partial charge in [-0.25, -0.2) is 14.4 Å². The maximum absolute atomic E-state index is 12.2. The molecular weight excluding hydrogens is 278 g/mol. The molecule has 1 heterocycles. The maximum Gasteiger partial charge on any atom is 0.407 e. The molecule has 112 valence electrons. The molecule has 2 rings (SSSR count). The number of benzene rings is 1. The van der Waals surface area contributed by atoms with E-state index in [2.05, 4.69) is 5.32 Å². The summed E-state index contributed by atoms with van der Waals surface area (Å²) in [5, 5.41) is 11.5. The fraction of sp³-hybridized carbons (Fsp3) is 0.357. The van der Waals surface area contributed by atoms with Crippen molar-refractivity contribution in [2.24, 2.45) is 0 Å². The van der Waals surface area contributed by atoms with Crippen LogP contribution in [0.3, 0.4) is 0 Å². The van der Waals surface area contributed by atoms with Gasteiger partial charge in [-0.15, -0.1) is 0 Å². The van der Waals surface area contributed by atoms with Gasteiger partial charge in [0, 0.05) is 0 Å². The minimum Gasteiger partial charge on any atom is -0.478 e. The number of hydrogen-bond acceptors (Lipinski definition) is 5. The van der Waals surface area contributed by atoms with Crippen molar-refractivity contribution in [1.82, 2.24) is 5.32 Å². The third-order valence-electron chi connectivity index (χ3n) is 3.19. The zero-order chi connectivity index (χ0) is 15.6. The molecule has 1 fully saturated rings. The van der Waals surface area contributed by atoms with Crippen LogP contribution < -0.4 is 5.32 Å². The van der Waals surface area contributed by atoms with E-state index < -0.39 is 29.7 Å². The summed E-state index contributed by atoms with van der Waals surface area (Å²) in [4.78, 5) is 34.3. The van der Waals surface area contributed by atoms with Gasteiger partial charge in [0.05, 0.1) is 17.7 Å². The summed E-state index contributed by atoms with van der Waals surface area (Å²) < 4.78 is 10.3. The molecule has 0 saturated carbocycles. The maximum atomic E-state index is 12.2. The number of carbonyl (C=O) groups is 3. The SMILES string of the molecule is CC(C)(OC(=O)c1ccccc1C(=O)O)[C@@H]1CNC(=O)O1. The Morgan fingerprint density at radius 1 is 1.33 bits per heavy atom. The molecule has 0 radical (unpaired) electrons. The number of nitrogens with one attached hydrogen (secondary N) is 1. The molecule has 0 unspecified atom stereocenters. The van der Waals surface area contributed by atoms with Crippen LogP contribution in [-0.2, 0) is 9.47 Å². The summed E-state index contributed by atoms with van der Waals surface area (Å²) in [7, 11) is 0. The smallest absolute Gasteiger partial charge is 0.407 e. The van der Waals surface area contributed by atoms with Crippen LogP contribution in [0.4, 0.5) is 4.79 Å². The van der Waals surface area contributed by atoms with E-state index in [1.807, 2.05) is 0 Å². The highest BCUT2D eigenvalue weighted by atomic mass is 16.6. The highest BCUT2D eigenvalue weighted by Crippen LogP contribution is 2.23. The van der Waals surface area contributed by atoms with Crippen LogP contribution in [0.5, 0.6) is 0 Å². The number of aromatic carboxylic acids is 1. The third-order valence-corrected chi connectivity index (χ3v) is 3.19. The number of carboxylic acids is 1. The number of amides is 1. The Morgan fingerprint density at radius 2 is 1.95 bits per heavy atom. The largest absolute Gasteiger partial charge is 0.478 e. The first-order valence-electron chi connectivity index (χ1n) is 6.31. The molecule has 7 heteroatoms. The fourth-order valence-corrected chi connectivity index (χ4v) is 1.98. The molecule has 0 spiro atoms. The standard InChI is InChI=1S/C14H15NO6/c1-14(2,10-7-15-13(19)20-10)21-12(18)9-6-4-3-5-8(9)11(16)17/h3-6,10H,7H2,1-2H3,(H,15,19)(H,16,17)/t10-/m0/s1. The van der Waals surface area contributed by atoms with Crippen LogP contribution in [0.2, 0.25) is 0 Å². The number of alkyl carbamates (subject to hydrolysis) is 1. The second-order valence-electron chi connectivity index (χ2n) is 5.12. The van der Waals surface area contributed by atoms with Gasteiger partial charge in [-0.3, -0.25) is 0 Å². The fourth-order valence-electron chi connectivity index (χ4n) is 1.98. The van der Waals surface area contributed by atoms with E-state index in [1.54, 1.807) is 19.9 Å². The Kier molecular flexibility index (Phi) is 3.84. The quantitative estimate of drug-likeness (QED) is 0.814. The summed E-state index contributed by atoms with van der Waals surface area (Å²) in [6.45, 7) is 3.41. The lowest BCUT2D eigenvalue weighted by molar-refractivity contribution is -0.0571. The summed E-state index contributed by atoms with van der Waals surface area (Å²) in [5.41, 5.74) is -1.27. The Labute approximate surface area is 120 Å². The average Bonchev–Trinajstić information content (AvgIpc) is 2.85. The number of rotatable bonds is 4. The second kappa shape index (κ2) is 5.43. The molecule has 2 N–H and O–H groups in total. The highest BCUT2D eigenvalue weighted by molar-refractivity contribution is 6.02. The molecule has 1 aliphatic heterocycles. The second-order valence-corrected chi connectivity index (χ2v) is 5.12. The number of carboxylic acid groups (broad SMARTS) is 1.